The number of hydrogen-bond donors (Lipinski definition) is 3. The van der Waals surface area contributed by atoms with E-state index in [1.54, 1.807) is 48.5 Å². The van der Waals surface area contributed by atoms with Gasteiger partial charge >= 0.3 is 0 Å². The van der Waals surface area contributed by atoms with Gasteiger partial charge in [-0.25, -0.2) is 9.37 Å². The van der Waals surface area contributed by atoms with Gasteiger partial charge in [0.25, 0.3) is 0 Å². The molecule has 6 nitrogen and oxygen atoms in total. The van der Waals surface area contributed by atoms with Gasteiger partial charge < -0.3 is 21.1 Å². The molecule has 0 atom stereocenters. The van der Waals surface area contributed by atoms with Gasteiger partial charge in [-0.15, -0.1) is 6.42 Å². The van der Waals surface area contributed by atoms with Crippen molar-refractivity contribution < 1.29 is 9.13 Å². The van der Waals surface area contributed by atoms with Crippen molar-refractivity contribution >= 4 is 40.3 Å². The number of halogens is 1. The van der Waals surface area contributed by atoms with Gasteiger partial charge in [0.1, 0.15) is 17.3 Å². The Balaban J connectivity index is 1.72. The van der Waals surface area contributed by atoms with Crippen LogP contribution >= 0.6 is 12.2 Å². The molecular formula is C20H16FN5OS. The van der Waals surface area contributed by atoms with Crippen LogP contribution in [0.25, 0.3) is 0 Å². The van der Waals surface area contributed by atoms with Crippen LogP contribution in [0.5, 0.6) is 5.75 Å². The lowest BCUT2D eigenvalue weighted by atomic mass is 10.2. The molecule has 3 rings (SSSR count). The van der Waals surface area contributed by atoms with E-state index in [0.29, 0.717) is 22.1 Å². The molecule has 0 aliphatic rings. The van der Waals surface area contributed by atoms with Crippen molar-refractivity contribution in [2.24, 2.45) is 5.73 Å². The minimum atomic E-state index is -0.581. The van der Waals surface area contributed by atoms with E-state index >= 15 is 0 Å². The number of ether oxygens (including phenoxy) is 1. The Morgan fingerprint density at radius 1 is 1.11 bits per heavy atom. The van der Waals surface area contributed by atoms with Crippen molar-refractivity contribution in [1.29, 1.82) is 0 Å². The number of hydrogen-bond acceptors (Lipinski definition) is 6. The highest BCUT2D eigenvalue weighted by molar-refractivity contribution is 7.80. The molecular weight excluding hydrogens is 377 g/mol. The maximum absolute atomic E-state index is 14.1. The standard InChI is InChI=1S/C20H16FN5OS/c1-2-11-27-16-9-7-14(8-10-16)24-19-17(21)12-23-20(26-19)25-15-5-3-13(4-6-15)18(22)28/h1,3-10,12H,11H2,(H2,22,28)(H2,23,24,25,26). The Bertz CT molecular complexity index is 1020. The molecule has 0 radical (unpaired) electrons. The fourth-order valence-corrected chi connectivity index (χ4v) is 2.39. The van der Waals surface area contributed by atoms with E-state index in [-0.39, 0.29) is 18.4 Å². The average molecular weight is 393 g/mol. The molecule has 0 spiro atoms. The van der Waals surface area contributed by atoms with Gasteiger partial charge in [-0.2, -0.15) is 4.98 Å². The fourth-order valence-electron chi connectivity index (χ4n) is 2.26. The van der Waals surface area contributed by atoms with E-state index < -0.39 is 5.82 Å². The molecule has 4 N–H and O–H groups in total. The number of anilines is 4. The zero-order valence-electron chi connectivity index (χ0n) is 14.6. The molecule has 28 heavy (non-hydrogen) atoms. The lowest BCUT2D eigenvalue weighted by molar-refractivity contribution is 0.370. The number of aromatic nitrogens is 2. The molecule has 0 bridgehead atoms. The molecule has 140 valence electrons. The minimum absolute atomic E-state index is 0.0366. The van der Waals surface area contributed by atoms with Crippen LogP contribution in [0.1, 0.15) is 5.56 Å². The van der Waals surface area contributed by atoms with Crippen LogP contribution in [0.3, 0.4) is 0 Å². The lowest BCUT2D eigenvalue weighted by Crippen LogP contribution is -2.09. The Kier molecular flexibility index (Phi) is 5.99. The van der Waals surface area contributed by atoms with Crippen molar-refractivity contribution in [2.45, 2.75) is 0 Å². The molecule has 0 amide bonds. The fraction of sp³-hybridized carbons (Fsp3) is 0.0500. The first kappa shape index (κ1) is 19.1. The summed E-state index contributed by atoms with van der Waals surface area (Å²) in [6.45, 7) is 0.181. The summed E-state index contributed by atoms with van der Waals surface area (Å²) in [6, 6.07) is 14.0. The van der Waals surface area contributed by atoms with Crippen LogP contribution in [0.2, 0.25) is 0 Å². The molecule has 1 aromatic heterocycles. The summed E-state index contributed by atoms with van der Waals surface area (Å²) >= 11 is 4.92. The second kappa shape index (κ2) is 8.79. The van der Waals surface area contributed by atoms with Gasteiger partial charge in [-0.3, -0.25) is 0 Å². The Hall–Kier alpha value is -3.70. The lowest BCUT2D eigenvalue weighted by Gasteiger charge is -2.10. The maximum Gasteiger partial charge on any atom is 0.229 e. The molecule has 1 heterocycles. The quantitative estimate of drug-likeness (QED) is 0.416. The van der Waals surface area contributed by atoms with Crippen LogP contribution in [0.4, 0.5) is 27.5 Å². The van der Waals surface area contributed by atoms with E-state index in [9.17, 15) is 4.39 Å². The minimum Gasteiger partial charge on any atom is -0.481 e. The van der Waals surface area contributed by atoms with E-state index in [0.717, 1.165) is 11.8 Å². The zero-order valence-corrected chi connectivity index (χ0v) is 15.5. The summed E-state index contributed by atoms with van der Waals surface area (Å²) in [7, 11) is 0. The largest absolute Gasteiger partial charge is 0.481 e. The molecule has 0 unspecified atom stereocenters. The van der Waals surface area contributed by atoms with Gasteiger partial charge in [0.2, 0.25) is 5.95 Å². The van der Waals surface area contributed by atoms with Crippen LogP contribution in [0, 0.1) is 18.2 Å². The second-order valence-electron chi connectivity index (χ2n) is 5.60. The summed E-state index contributed by atoms with van der Waals surface area (Å²) < 4.78 is 19.4. The average Bonchev–Trinajstić information content (AvgIpc) is 2.70. The van der Waals surface area contributed by atoms with Crippen LogP contribution in [0.15, 0.2) is 54.7 Å². The van der Waals surface area contributed by atoms with Gasteiger partial charge in [0.15, 0.2) is 11.6 Å². The topological polar surface area (TPSA) is 85.1 Å². The third kappa shape index (κ3) is 4.93. The van der Waals surface area contributed by atoms with Crippen LogP contribution < -0.4 is 21.1 Å². The van der Waals surface area contributed by atoms with Gasteiger partial charge in [-0.05, 0) is 48.5 Å². The first-order valence-corrected chi connectivity index (χ1v) is 8.59. The maximum atomic E-state index is 14.1. The van der Waals surface area contributed by atoms with E-state index in [1.807, 2.05) is 0 Å². The summed E-state index contributed by atoms with van der Waals surface area (Å²) in [6.07, 6.45) is 6.24. The number of rotatable bonds is 7. The highest BCUT2D eigenvalue weighted by Gasteiger charge is 2.08. The molecule has 0 fully saturated rings. The van der Waals surface area contributed by atoms with Gasteiger partial charge in [-0.1, -0.05) is 18.1 Å². The Morgan fingerprint density at radius 3 is 2.39 bits per heavy atom. The molecule has 0 saturated heterocycles. The number of terminal acetylenes is 1. The number of nitrogens with one attached hydrogen (secondary N) is 2. The SMILES string of the molecule is C#CCOc1ccc(Nc2nc(Nc3ccc(C(N)=S)cc3)ncc2F)cc1. The van der Waals surface area contributed by atoms with Crippen molar-refractivity contribution in [3.05, 3.63) is 66.1 Å². The van der Waals surface area contributed by atoms with E-state index in [1.165, 1.54) is 0 Å². The third-order valence-electron chi connectivity index (χ3n) is 3.61. The molecule has 0 saturated carbocycles. The third-order valence-corrected chi connectivity index (χ3v) is 3.84. The Labute approximate surface area is 167 Å². The first-order chi connectivity index (χ1) is 13.5. The zero-order chi connectivity index (χ0) is 19.9. The van der Waals surface area contributed by atoms with E-state index in [4.69, 9.17) is 29.1 Å². The summed E-state index contributed by atoms with van der Waals surface area (Å²) in [5.41, 5.74) is 7.68. The molecule has 2 aromatic carbocycles. The van der Waals surface area contributed by atoms with Crippen LogP contribution in [-0.2, 0) is 0 Å². The summed E-state index contributed by atoms with van der Waals surface area (Å²) in [4.78, 5) is 8.44. The normalized spacial score (nSPS) is 10.0. The van der Waals surface area contributed by atoms with Crippen molar-refractivity contribution in [2.75, 3.05) is 17.2 Å². The first-order valence-electron chi connectivity index (χ1n) is 8.18. The number of nitrogens with zero attached hydrogens (tertiary/aromatic N) is 2. The summed E-state index contributed by atoms with van der Waals surface area (Å²) in [5.74, 6) is 2.70. The predicted molar refractivity (Wildman–Crippen MR) is 112 cm³/mol. The second-order valence-corrected chi connectivity index (χ2v) is 6.04. The van der Waals surface area contributed by atoms with Crippen molar-refractivity contribution in [3.8, 4) is 18.1 Å². The summed E-state index contributed by atoms with van der Waals surface area (Å²) in [5, 5.41) is 5.91. The van der Waals surface area contributed by atoms with E-state index in [2.05, 4.69) is 26.5 Å². The number of thiocarbonyl (C=S) groups is 1. The van der Waals surface area contributed by atoms with Crippen molar-refractivity contribution in [3.63, 3.8) is 0 Å². The molecule has 8 heteroatoms. The monoisotopic (exact) mass is 393 g/mol. The highest BCUT2D eigenvalue weighted by atomic mass is 32.1. The molecule has 0 aliphatic heterocycles. The molecule has 0 aliphatic carbocycles. The predicted octanol–water partition coefficient (Wildman–Crippen LogP) is 3.75. The van der Waals surface area contributed by atoms with Crippen LogP contribution in [-0.4, -0.2) is 21.6 Å². The highest BCUT2D eigenvalue weighted by Crippen LogP contribution is 2.22. The smallest absolute Gasteiger partial charge is 0.229 e. The van der Waals surface area contributed by atoms with Gasteiger partial charge in [0, 0.05) is 16.9 Å². The number of benzene rings is 2. The molecule has 3 aromatic rings. The van der Waals surface area contributed by atoms with Gasteiger partial charge in [0.05, 0.1) is 6.20 Å². The number of nitrogens with two attached hydrogens (primary N) is 1. The Morgan fingerprint density at radius 2 is 1.75 bits per heavy atom. The van der Waals surface area contributed by atoms with Crippen molar-refractivity contribution in [1.82, 2.24) is 9.97 Å².